The van der Waals surface area contributed by atoms with Gasteiger partial charge in [-0.3, -0.25) is 4.79 Å². The lowest BCUT2D eigenvalue weighted by molar-refractivity contribution is -0.171. The van der Waals surface area contributed by atoms with E-state index in [9.17, 15) is 4.79 Å². The van der Waals surface area contributed by atoms with E-state index >= 15 is 0 Å². The highest BCUT2D eigenvalue weighted by molar-refractivity contribution is 5.96. The summed E-state index contributed by atoms with van der Waals surface area (Å²) >= 11 is 0. The van der Waals surface area contributed by atoms with Crippen molar-refractivity contribution in [3.8, 4) is 12.3 Å². The molecular formula is C25H35NO3. The minimum absolute atomic E-state index is 0.122. The van der Waals surface area contributed by atoms with E-state index in [1.807, 2.05) is 13.8 Å². The lowest BCUT2D eigenvalue weighted by Crippen LogP contribution is -2.53. The summed E-state index contributed by atoms with van der Waals surface area (Å²) in [6.45, 7) is 6.38. The highest BCUT2D eigenvalue weighted by Gasteiger charge is 2.64. The van der Waals surface area contributed by atoms with Gasteiger partial charge in [-0.25, -0.2) is 0 Å². The molecule has 0 aromatic rings. The number of esters is 1. The summed E-state index contributed by atoms with van der Waals surface area (Å²) in [5, 5.41) is 12.6. The summed E-state index contributed by atoms with van der Waals surface area (Å²) in [6, 6.07) is 0. The van der Waals surface area contributed by atoms with Gasteiger partial charge in [0, 0.05) is 11.8 Å². The molecule has 0 aromatic heterocycles. The lowest BCUT2D eigenvalue weighted by atomic mass is 9.50. The first-order valence-electron chi connectivity index (χ1n) is 11.4. The summed E-state index contributed by atoms with van der Waals surface area (Å²) in [6.07, 6.45) is 16.9. The monoisotopic (exact) mass is 397 g/mol. The van der Waals surface area contributed by atoms with Gasteiger partial charge >= 0.3 is 5.97 Å². The third-order valence-corrected chi connectivity index (χ3v) is 8.66. The number of nitrogens with zero attached hydrogens (tertiary/aromatic N) is 1. The molecule has 4 rings (SSSR count). The van der Waals surface area contributed by atoms with E-state index in [2.05, 4.69) is 24.1 Å². The van der Waals surface area contributed by atoms with Crippen molar-refractivity contribution in [2.75, 3.05) is 0 Å². The number of hydrogen-bond donors (Lipinski definition) is 1. The average Bonchev–Trinajstić information content (AvgIpc) is 2.99. The van der Waals surface area contributed by atoms with Crippen molar-refractivity contribution in [1.82, 2.24) is 0 Å². The smallest absolute Gasteiger partial charge is 0.307 e. The van der Waals surface area contributed by atoms with Gasteiger partial charge in [-0.1, -0.05) is 37.4 Å². The molecule has 0 unspecified atom stereocenters. The summed E-state index contributed by atoms with van der Waals surface area (Å²) in [7, 11) is 0. The molecule has 29 heavy (non-hydrogen) atoms. The zero-order valence-corrected chi connectivity index (χ0v) is 18.1. The molecule has 0 radical (unpaired) electrons. The molecule has 4 aliphatic carbocycles. The standard InChI is InChI=1S/C25H35NO3/c1-5-25(29-23(27)14-16(2)3)13-11-22-21-8-6-17-15-18(26-28)7-9-19(17)20(21)10-12-24(22,25)4/h1,15-16,19-22,28H,6-14H2,2-4H3/b26-18+/t19-,20+,21+,22-,24-,25+/m0/s1. The Hall–Kier alpha value is -1.76. The maximum Gasteiger partial charge on any atom is 0.307 e. The van der Waals surface area contributed by atoms with Gasteiger partial charge in [0.2, 0.25) is 0 Å². The zero-order valence-electron chi connectivity index (χ0n) is 18.1. The van der Waals surface area contributed by atoms with E-state index in [-0.39, 0.29) is 17.3 Å². The molecule has 0 aliphatic heterocycles. The second kappa shape index (κ2) is 7.49. The second-order valence-electron chi connectivity index (χ2n) is 10.5. The molecule has 158 valence electrons. The summed E-state index contributed by atoms with van der Waals surface area (Å²) in [4.78, 5) is 12.6. The van der Waals surface area contributed by atoms with Crippen molar-refractivity contribution in [1.29, 1.82) is 0 Å². The molecular weight excluding hydrogens is 362 g/mol. The molecule has 0 bridgehead atoms. The van der Waals surface area contributed by atoms with Crippen LogP contribution in [0, 0.1) is 47.3 Å². The molecule has 4 heteroatoms. The van der Waals surface area contributed by atoms with E-state index in [0.717, 1.165) is 50.7 Å². The van der Waals surface area contributed by atoms with Gasteiger partial charge in [0.05, 0.1) is 5.71 Å². The first-order chi connectivity index (χ1) is 13.8. The highest BCUT2D eigenvalue weighted by atomic mass is 16.6. The number of carbonyl (C=O) groups is 1. The Bertz CT molecular complexity index is 775. The first-order valence-corrected chi connectivity index (χ1v) is 11.4. The van der Waals surface area contributed by atoms with Gasteiger partial charge in [-0.15, -0.1) is 6.42 Å². The van der Waals surface area contributed by atoms with Crippen molar-refractivity contribution >= 4 is 11.7 Å². The largest absolute Gasteiger partial charge is 0.445 e. The Morgan fingerprint density at radius 2 is 2.07 bits per heavy atom. The molecule has 4 aliphatic rings. The Kier molecular flexibility index (Phi) is 5.30. The van der Waals surface area contributed by atoms with Crippen LogP contribution in [0.2, 0.25) is 0 Å². The summed E-state index contributed by atoms with van der Waals surface area (Å²) < 4.78 is 6.12. The average molecular weight is 398 g/mol. The van der Waals surface area contributed by atoms with Crippen LogP contribution in [0.4, 0.5) is 0 Å². The van der Waals surface area contributed by atoms with Crippen LogP contribution >= 0.6 is 0 Å². The normalized spacial score (nSPS) is 42.4. The number of carbonyl (C=O) groups excluding carboxylic acids is 1. The van der Waals surface area contributed by atoms with Gasteiger partial charge in [0.1, 0.15) is 0 Å². The van der Waals surface area contributed by atoms with Crippen molar-refractivity contribution in [2.45, 2.75) is 84.2 Å². The predicted octanol–water partition coefficient (Wildman–Crippen LogP) is 5.35. The van der Waals surface area contributed by atoms with Gasteiger partial charge in [0.25, 0.3) is 0 Å². The predicted molar refractivity (Wildman–Crippen MR) is 113 cm³/mol. The van der Waals surface area contributed by atoms with Crippen LogP contribution in [0.3, 0.4) is 0 Å². The van der Waals surface area contributed by atoms with Crippen molar-refractivity contribution < 1.29 is 14.7 Å². The second-order valence-corrected chi connectivity index (χ2v) is 10.5. The topological polar surface area (TPSA) is 58.9 Å². The first kappa shape index (κ1) is 20.5. The molecule has 1 N–H and O–H groups in total. The van der Waals surface area contributed by atoms with E-state index in [1.165, 1.54) is 12.0 Å². The van der Waals surface area contributed by atoms with Crippen LogP contribution in [0.25, 0.3) is 0 Å². The fourth-order valence-electron chi connectivity index (χ4n) is 7.27. The van der Waals surface area contributed by atoms with Crippen molar-refractivity contribution in [3.63, 3.8) is 0 Å². The molecule has 4 nitrogen and oxygen atoms in total. The molecule has 0 aromatic carbocycles. The van der Waals surface area contributed by atoms with Crippen LogP contribution < -0.4 is 0 Å². The van der Waals surface area contributed by atoms with E-state index in [1.54, 1.807) is 0 Å². The molecule has 0 spiro atoms. The van der Waals surface area contributed by atoms with Crippen LogP contribution in [-0.4, -0.2) is 22.5 Å². The summed E-state index contributed by atoms with van der Waals surface area (Å²) in [5.41, 5.74) is 1.45. The number of fused-ring (bicyclic) bond motifs is 5. The number of rotatable bonds is 3. The Balaban J connectivity index is 1.57. The van der Waals surface area contributed by atoms with E-state index in [0.29, 0.717) is 30.1 Å². The number of terminal acetylenes is 1. The van der Waals surface area contributed by atoms with Crippen molar-refractivity contribution in [2.24, 2.45) is 40.2 Å². The molecule has 3 fully saturated rings. The Morgan fingerprint density at radius 3 is 2.76 bits per heavy atom. The van der Waals surface area contributed by atoms with E-state index < -0.39 is 5.60 Å². The van der Waals surface area contributed by atoms with Crippen LogP contribution in [-0.2, 0) is 9.53 Å². The molecule has 6 atom stereocenters. The van der Waals surface area contributed by atoms with Crippen LogP contribution in [0.1, 0.15) is 78.6 Å². The van der Waals surface area contributed by atoms with Gasteiger partial charge < -0.3 is 9.94 Å². The molecule has 0 saturated heterocycles. The Labute approximate surface area is 175 Å². The minimum Gasteiger partial charge on any atom is -0.445 e. The number of hydrogen-bond acceptors (Lipinski definition) is 4. The third kappa shape index (κ3) is 3.22. The maximum atomic E-state index is 12.6. The molecule has 3 saturated carbocycles. The number of allylic oxidation sites excluding steroid dienone is 2. The van der Waals surface area contributed by atoms with Crippen molar-refractivity contribution in [3.05, 3.63) is 11.6 Å². The molecule has 0 heterocycles. The third-order valence-electron chi connectivity index (χ3n) is 8.66. The van der Waals surface area contributed by atoms with Gasteiger partial charge in [-0.05, 0) is 87.0 Å². The summed E-state index contributed by atoms with van der Waals surface area (Å²) in [5.74, 6) is 5.62. The zero-order chi connectivity index (χ0) is 20.8. The van der Waals surface area contributed by atoms with Crippen LogP contribution in [0.15, 0.2) is 16.8 Å². The van der Waals surface area contributed by atoms with Gasteiger partial charge in [-0.2, -0.15) is 0 Å². The Morgan fingerprint density at radius 1 is 1.28 bits per heavy atom. The SMILES string of the molecule is C#C[C@@]1(OC(=O)CC(C)C)CC[C@H]2[C@@H]3CCC4=C/C(=N/O)CC[C@@H]4[C@H]3CC[C@@]21C. The number of oxime groups is 1. The van der Waals surface area contributed by atoms with Crippen LogP contribution in [0.5, 0.6) is 0 Å². The lowest BCUT2D eigenvalue weighted by Gasteiger charge is -2.55. The van der Waals surface area contributed by atoms with E-state index in [4.69, 9.17) is 16.4 Å². The number of ether oxygens (including phenoxy) is 1. The minimum atomic E-state index is -0.742. The maximum absolute atomic E-state index is 12.6. The fraction of sp³-hybridized carbons (Fsp3) is 0.760. The molecule has 0 amide bonds. The fourth-order valence-corrected chi connectivity index (χ4v) is 7.27. The quantitative estimate of drug-likeness (QED) is 0.302. The van der Waals surface area contributed by atoms with Gasteiger partial charge in [0.15, 0.2) is 5.60 Å². The highest BCUT2D eigenvalue weighted by Crippen LogP contribution is 2.65.